The first kappa shape index (κ1) is 11.1. The molecule has 1 aromatic rings. The lowest BCUT2D eigenvalue weighted by atomic mass is 10.1. The van der Waals surface area contributed by atoms with Crippen LogP contribution in [0, 0.1) is 0 Å². The van der Waals surface area contributed by atoms with E-state index < -0.39 is 0 Å². The predicted octanol–water partition coefficient (Wildman–Crippen LogP) is 1.98. The number of methoxy groups -OCH3 is 1. The van der Waals surface area contributed by atoms with Crippen LogP contribution in [0.1, 0.15) is 29.6 Å². The molecule has 16 heavy (non-hydrogen) atoms. The van der Waals surface area contributed by atoms with Crippen LogP contribution in [0.4, 0.5) is 0 Å². The topological polar surface area (TPSA) is 38.3 Å². The highest BCUT2D eigenvalue weighted by atomic mass is 16.5. The molecule has 2 unspecified atom stereocenters. The minimum Gasteiger partial charge on any atom is -0.379 e. The van der Waals surface area contributed by atoms with E-state index in [1.807, 2.05) is 30.3 Å². The van der Waals surface area contributed by atoms with Crippen molar-refractivity contribution in [2.75, 3.05) is 7.11 Å². The van der Waals surface area contributed by atoms with Gasteiger partial charge in [-0.25, -0.2) is 0 Å². The van der Waals surface area contributed by atoms with Crippen molar-refractivity contribution in [2.24, 2.45) is 0 Å². The molecule has 1 fully saturated rings. The molecule has 1 saturated carbocycles. The molecule has 3 heteroatoms. The smallest absolute Gasteiger partial charge is 0.251 e. The lowest BCUT2D eigenvalue weighted by Crippen LogP contribution is -2.40. The summed E-state index contributed by atoms with van der Waals surface area (Å²) in [6.07, 6.45) is 3.35. The molecular formula is C13H17NO2. The van der Waals surface area contributed by atoms with Gasteiger partial charge in [-0.3, -0.25) is 4.79 Å². The number of carbonyl (C=O) groups is 1. The lowest BCUT2D eigenvalue weighted by molar-refractivity contribution is 0.0722. The first-order chi connectivity index (χ1) is 7.81. The van der Waals surface area contributed by atoms with Crippen LogP contribution in [0.25, 0.3) is 0 Å². The molecule has 1 amide bonds. The van der Waals surface area contributed by atoms with Gasteiger partial charge in [0, 0.05) is 12.7 Å². The molecule has 0 aromatic heterocycles. The molecule has 0 heterocycles. The van der Waals surface area contributed by atoms with Crippen LogP contribution in [-0.4, -0.2) is 25.2 Å². The molecule has 3 nitrogen and oxygen atoms in total. The third kappa shape index (κ3) is 2.42. The van der Waals surface area contributed by atoms with Crippen molar-refractivity contribution in [1.29, 1.82) is 0 Å². The van der Waals surface area contributed by atoms with Crippen molar-refractivity contribution < 1.29 is 9.53 Å². The third-order valence-corrected chi connectivity index (χ3v) is 3.11. The SMILES string of the molecule is COC1CCCC1NC(=O)c1ccccc1. The largest absolute Gasteiger partial charge is 0.379 e. The van der Waals surface area contributed by atoms with Crippen LogP contribution in [0.2, 0.25) is 0 Å². The average molecular weight is 219 g/mol. The van der Waals surface area contributed by atoms with E-state index >= 15 is 0 Å². The van der Waals surface area contributed by atoms with Crippen LogP contribution >= 0.6 is 0 Å². The molecule has 0 radical (unpaired) electrons. The highest BCUT2D eigenvalue weighted by molar-refractivity contribution is 5.94. The lowest BCUT2D eigenvalue weighted by Gasteiger charge is -2.19. The second-order valence-corrected chi connectivity index (χ2v) is 4.15. The Kier molecular flexibility index (Phi) is 3.57. The maximum Gasteiger partial charge on any atom is 0.251 e. The van der Waals surface area contributed by atoms with Crippen molar-refractivity contribution in [2.45, 2.75) is 31.4 Å². The molecule has 86 valence electrons. The van der Waals surface area contributed by atoms with E-state index in [4.69, 9.17) is 4.74 Å². The molecule has 1 N–H and O–H groups in total. The number of carbonyl (C=O) groups excluding carboxylic acids is 1. The molecule has 0 spiro atoms. The summed E-state index contributed by atoms with van der Waals surface area (Å²) in [5.74, 6) is -0.00505. The summed E-state index contributed by atoms with van der Waals surface area (Å²) in [5, 5.41) is 3.03. The van der Waals surface area contributed by atoms with Gasteiger partial charge in [0.05, 0.1) is 12.1 Å². The van der Waals surface area contributed by atoms with Crippen molar-refractivity contribution >= 4 is 5.91 Å². The van der Waals surface area contributed by atoms with Gasteiger partial charge < -0.3 is 10.1 Å². The van der Waals surface area contributed by atoms with E-state index in [2.05, 4.69) is 5.32 Å². The van der Waals surface area contributed by atoms with E-state index in [0.29, 0.717) is 5.56 Å². The molecule has 0 bridgehead atoms. The Labute approximate surface area is 95.8 Å². The van der Waals surface area contributed by atoms with Crippen LogP contribution < -0.4 is 5.32 Å². The van der Waals surface area contributed by atoms with Crippen molar-refractivity contribution in [3.05, 3.63) is 35.9 Å². The van der Waals surface area contributed by atoms with E-state index in [9.17, 15) is 4.79 Å². The number of ether oxygens (including phenoxy) is 1. The number of rotatable bonds is 3. The second-order valence-electron chi connectivity index (χ2n) is 4.15. The van der Waals surface area contributed by atoms with Gasteiger partial charge in [0.25, 0.3) is 5.91 Å². The molecule has 1 aliphatic rings. The first-order valence-corrected chi connectivity index (χ1v) is 5.70. The fourth-order valence-corrected chi connectivity index (χ4v) is 2.21. The summed E-state index contributed by atoms with van der Waals surface area (Å²) in [7, 11) is 1.71. The molecular weight excluding hydrogens is 202 g/mol. The summed E-state index contributed by atoms with van der Waals surface area (Å²) in [4.78, 5) is 11.9. The normalized spacial score (nSPS) is 24.3. The minimum atomic E-state index is -0.00505. The third-order valence-electron chi connectivity index (χ3n) is 3.11. The zero-order valence-corrected chi connectivity index (χ0v) is 9.48. The van der Waals surface area contributed by atoms with Gasteiger partial charge in [-0.15, -0.1) is 0 Å². The van der Waals surface area contributed by atoms with Gasteiger partial charge in [-0.05, 0) is 31.4 Å². The van der Waals surface area contributed by atoms with Gasteiger partial charge >= 0.3 is 0 Å². The number of hydrogen-bond donors (Lipinski definition) is 1. The zero-order valence-electron chi connectivity index (χ0n) is 9.48. The summed E-state index contributed by atoms with van der Waals surface area (Å²) in [6.45, 7) is 0. The second kappa shape index (κ2) is 5.12. The van der Waals surface area contributed by atoms with Crippen LogP contribution in [-0.2, 0) is 4.74 Å². The maximum absolute atomic E-state index is 11.9. The zero-order chi connectivity index (χ0) is 11.4. The predicted molar refractivity (Wildman–Crippen MR) is 62.3 cm³/mol. The fraction of sp³-hybridized carbons (Fsp3) is 0.462. The van der Waals surface area contributed by atoms with E-state index in [-0.39, 0.29) is 18.1 Å². The number of benzene rings is 1. The molecule has 2 rings (SSSR count). The molecule has 1 aromatic carbocycles. The van der Waals surface area contributed by atoms with Crippen molar-refractivity contribution in [1.82, 2.24) is 5.32 Å². The van der Waals surface area contributed by atoms with Gasteiger partial charge in [0.1, 0.15) is 0 Å². The number of nitrogens with one attached hydrogen (secondary N) is 1. The Morgan fingerprint density at radius 3 is 2.75 bits per heavy atom. The number of hydrogen-bond acceptors (Lipinski definition) is 2. The standard InChI is InChI=1S/C13H17NO2/c1-16-12-9-5-8-11(12)14-13(15)10-6-3-2-4-7-10/h2-4,6-7,11-12H,5,8-9H2,1H3,(H,14,15). The summed E-state index contributed by atoms with van der Waals surface area (Å²) < 4.78 is 5.35. The fourth-order valence-electron chi connectivity index (χ4n) is 2.21. The van der Waals surface area contributed by atoms with E-state index in [0.717, 1.165) is 19.3 Å². The summed E-state index contributed by atoms with van der Waals surface area (Å²) >= 11 is 0. The Balaban J connectivity index is 1.97. The molecule has 0 saturated heterocycles. The van der Waals surface area contributed by atoms with E-state index in [1.54, 1.807) is 7.11 Å². The Morgan fingerprint density at radius 1 is 1.31 bits per heavy atom. The molecule has 2 atom stereocenters. The minimum absolute atomic E-state index is 0.00505. The van der Waals surface area contributed by atoms with Gasteiger partial charge in [0.15, 0.2) is 0 Å². The summed E-state index contributed by atoms with van der Waals surface area (Å²) in [6, 6.07) is 9.47. The van der Waals surface area contributed by atoms with Crippen LogP contribution in [0.3, 0.4) is 0 Å². The highest BCUT2D eigenvalue weighted by Crippen LogP contribution is 2.21. The van der Waals surface area contributed by atoms with Gasteiger partial charge in [0.2, 0.25) is 0 Å². The van der Waals surface area contributed by atoms with E-state index in [1.165, 1.54) is 0 Å². The highest BCUT2D eigenvalue weighted by Gasteiger charge is 2.28. The maximum atomic E-state index is 11.9. The average Bonchev–Trinajstić information content (AvgIpc) is 2.77. The van der Waals surface area contributed by atoms with Crippen LogP contribution in [0.15, 0.2) is 30.3 Å². The van der Waals surface area contributed by atoms with Gasteiger partial charge in [-0.2, -0.15) is 0 Å². The Hall–Kier alpha value is -1.35. The first-order valence-electron chi connectivity index (χ1n) is 5.70. The van der Waals surface area contributed by atoms with Crippen molar-refractivity contribution in [3.63, 3.8) is 0 Å². The Morgan fingerprint density at radius 2 is 2.06 bits per heavy atom. The van der Waals surface area contributed by atoms with Crippen LogP contribution in [0.5, 0.6) is 0 Å². The molecule has 0 aliphatic heterocycles. The monoisotopic (exact) mass is 219 g/mol. The quantitative estimate of drug-likeness (QED) is 0.844. The number of amides is 1. The van der Waals surface area contributed by atoms with Gasteiger partial charge in [-0.1, -0.05) is 18.2 Å². The molecule has 1 aliphatic carbocycles. The Bertz CT molecular complexity index is 350. The van der Waals surface area contributed by atoms with Crippen molar-refractivity contribution in [3.8, 4) is 0 Å². The summed E-state index contributed by atoms with van der Waals surface area (Å²) in [5.41, 5.74) is 0.712.